The van der Waals surface area contributed by atoms with Crippen molar-refractivity contribution in [2.24, 2.45) is 0 Å². The van der Waals surface area contributed by atoms with Crippen LogP contribution in [0.1, 0.15) is 18.7 Å². The van der Waals surface area contributed by atoms with Gasteiger partial charge >= 0.3 is 6.01 Å². The highest BCUT2D eigenvalue weighted by Crippen LogP contribution is 2.24. The Balaban J connectivity index is 1.64. The van der Waals surface area contributed by atoms with Gasteiger partial charge in [-0.3, -0.25) is 0 Å². The van der Waals surface area contributed by atoms with Gasteiger partial charge in [-0.05, 0) is 25.0 Å². The van der Waals surface area contributed by atoms with E-state index in [-0.39, 0.29) is 11.8 Å². The Hall–Kier alpha value is -2.15. The monoisotopic (exact) mass is 278 g/mol. The lowest BCUT2D eigenvalue weighted by Crippen LogP contribution is -2.15. The maximum atomic E-state index is 13.3. The van der Waals surface area contributed by atoms with E-state index >= 15 is 0 Å². The summed E-state index contributed by atoms with van der Waals surface area (Å²) in [5.74, 6) is 0.261. The van der Waals surface area contributed by atoms with Crippen LogP contribution in [0.3, 0.4) is 0 Å². The van der Waals surface area contributed by atoms with Gasteiger partial charge in [0.25, 0.3) is 0 Å². The van der Waals surface area contributed by atoms with Crippen LogP contribution in [0.25, 0.3) is 0 Å². The Morgan fingerprint density at radius 3 is 3.00 bits per heavy atom. The molecule has 7 heteroatoms. The van der Waals surface area contributed by atoms with Crippen molar-refractivity contribution in [3.05, 3.63) is 29.9 Å². The number of hydrogen-bond donors (Lipinski definition) is 2. The molecule has 2 N–H and O–H groups in total. The van der Waals surface area contributed by atoms with Crippen LogP contribution in [0.5, 0.6) is 5.75 Å². The Morgan fingerprint density at radius 2 is 2.25 bits per heavy atom. The third kappa shape index (κ3) is 3.05. The molecule has 1 aliphatic rings. The Labute approximate surface area is 115 Å². The van der Waals surface area contributed by atoms with Crippen LogP contribution in [0, 0.1) is 5.82 Å². The first kappa shape index (κ1) is 12.9. The molecule has 6 nitrogen and oxygen atoms in total. The third-order valence-electron chi connectivity index (χ3n) is 2.99. The quantitative estimate of drug-likeness (QED) is 0.844. The van der Waals surface area contributed by atoms with E-state index in [1.807, 2.05) is 0 Å². The number of nitrogens with one attached hydrogen (secondary N) is 2. The predicted octanol–water partition coefficient (Wildman–Crippen LogP) is 2.21. The third-order valence-corrected chi connectivity index (χ3v) is 2.99. The summed E-state index contributed by atoms with van der Waals surface area (Å²) in [6, 6.07) is 5.27. The molecule has 1 aliphatic carbocycles. The van der Waals surface area contributed by atoms with Crippen LogP contribution in [0.4, 0.5) is 16.1 Å². The highest BCUT2D eigenvalue weighted by Gasteiger charge is 2.21. The first-order valence-electron chi connectivity index (χ1n) is 6.41. The van der Waals surface area contributed by atoms with E-state index in [9.17, 15) is 4.39 Å². The highest BCUT2D eigenvalue weighted by molar-refractivity contribution is 5.55. The van der Waals surface area contributed by atoms with E-state index < -0.39 is 5.82 Å². The first-order chi connectivity index (χ1) is 9.74. The summed E-state index contributed by atoms with van der Waals surface area (Å²) < 4.78 is 23.6. The van der Waals surface area contributed by atoms with Crippen LogP contribution in [0.15, 0.2) is 22.6 Å². The van der Waals surface area contributed by atoms with Crippen LogP contribution in [0.2, 0.25) is 0 Å². The molecular formula is C13H15FN4O2. The molecule has 1 heterocycles. The second kappa shape index (κ2) is 5.46. The topological polar surface area (TPSA) is 72.2 Å². The fourth-order valence-corrected chi connectivity index (χ4v) is 1.76. The molecule has 0 amide bonds. The number of halogens is 1. The normalized spacial score (nSPS) is 14.3. The number of rotatable bonds is 6. The van der Waals surface area contributed by atoms with Gasteiger partial charge in [-0.25, -0.2) is 4.39 Å². The van der Waals surface area contributed by atoms with E-state index in [0.717, 1.165) is 0 Å². The molecule has 1 saturated carbocycles. The molecule has 0 atom stereocenters. The largest absolute Gasteiger partial charge is 0.494 e. The van der Waals surface area contributed by atoms with Gasteiger partial charge in [-0.1, -0.05) is 5.10 Å². The maximum Gasteiger partial charge on any atom is 0.320 e. The van der Waals surface area contributed by atoms with Gasteiger partial charge in [0.1, 0.15) is 0 Å². The van der Waals surface area contributed by atoms with Crippen molar-refractivity contribution < 1.29 is 13.5 Å². The van der Waals surface area contributed by atoms with Crippen molar-refractivity contribution in [3.8, 4) is 5.75 Å². The average Bonchev–Trinajstić information content (AvgIpc) is 3.18. The molecule has 3 rings (SSSR count). The van der Waals surface area contributed by atoms with Gasteiger partial charge in [0.05, 0.1) is 13.7 Å². The van der Waals surface area contributed by atoms with Gasteiger partial charge in [0, 0.05) is 17.8 Å². The van der Waals surface area contributed by atoms with Crippen LogP contribution >= 0.6 is 0 Å². The van der Waals surface area contributed by atoms with Crippen molar-refractivity contribution in [3.63, 3.8) is 0 Å². The predicted molar refractivity (Wildman–Crippen MR) is 70.4 cm³/mol. The summed E-state index contributed by atoms with van der Waals surface area (Å²) in [7, 11) is 1.41. The van der Waals surface area contributed by atoms with Gasteiger partial charge in [0.2, 0.25) is 5.89 Å². The van der Waals surface area contributed by atoms with E-state index in [2.05, 4.69) is 20.8 Å². The van der Waals surface area contributed by atoms with Gasteiger partial charge in [-0.15, -0.1) is 5.10 Å². The number of methoxy groups -OCH3 is 1. The zero-order valence-electron chi connectivity index (χ0n) is 11.0. The Kier molecular flexibility index (Phi) is 3.51. The summed E-state index contributed by atoms with van der Waals surface area (Å²) in [5.41, 5.74) is 0.619. The minimum absolute atomic E-state index is 0.158. The number of benzene rings is 1. The minimum Gasteiger partial charge on any atom is -0.494 e. The van der Waals surface area contributed by atoms with E-state index in [1.165, 1.54) is 32.1 Å². The van der Waals surface area contributed by atoms with Crippen molar-refractivity contribution in [2.45, 2.75) is 25.4 Å². The van der Waals surface area contributed by atoms with Crippen molar-refractivity contribution >= 4 is 11.7 Å². The van der Waals surface area contributed by atoms with Crippen molar-refractivity contribution in [1.82, 2.24) is 15.5 Å². The highest BCUT2D eigenvalue weighted by atomic mass is 19.1. The molecule has 106 valence electrons. The molecule has 1 aromatic carbocycles. The van der Waals surface area contributed by atoms with Crippen molar-refractivity contribution in [1.29, 1.82) is 0 Å². The standard InChI is InChI=1S/C13H15FN4O2/c1-19-11-6-9(4-5-10(11)14)16-13-18-17-12(20-13)7-15-8-2-3-8/h4-6,8,15H,2-3,7H2,1H3,(H,16,18). The molecule has 0 unspecified atom stereocenters. The average molecular weight is 278 g/mol. The van der Waals surface area contributed by atoms with Crippen molar-refractivity contribution in [2.75, 3.05) is 12.4 Å². The van der Waals surface area contributed by atoms with Gasteiger partial charge in [0.15, 0.2) is 11.6 Å². The van der Waals surface area contributed by atoms with Crippen LogP contribution in [-0.2, 0) is 6.54 Å². The fraction of sp³-hybridized carbons (Fsp3) is 0.385. The van der Waals surface area contributed by atoms with Gasteiger partial charge in [-0.2, -0.15) is 0 Å². The lowest BCUT2D eigenvalue weighted by atomic mass is 10.3. The number of anilines is 2. The molecular weight excluding hydrogens is 263 g/mol. The lowest BCUT2D eigenvalue weighted by molar-refractivity contribution is 0.387. The fourth-order valence-electron chi connectivity index (χ4n) is 1.76. The second-order valence-corrected chi connectivity index (χ2v) is 4.63. The van der Waals surface area contributed by atoms with E-state index in [0.29, 0.717) is 24.2 Å². The molecule has 20 heavy (non-hydrogen) atoms. The molecule has 1 aromatic heterocycles. The Bertz CT molecular complexity index is 598. The van der Waals surface area contributed by atoms with E-state index in [1.54, 1.807) is 6.07 Å². The maximum absolute atomic E-state index is 13.3. The van der Waals surface area contributed by atoms with Gasteiger partial charge < -0.3 is 19.8 Å². The zero-order chi connectivity index (χ0) is 13.9. The summed E-state index contributed by atoms with van der Waals surface area (Å²) in [5, 5.41) is 14.0. The Morgan fingerprint density at radius 1 is 1.40 bits per heavy atom. The zero-order valence-corrected chi connectivity index (χ0v) is 11.0. The molecule has 0 radical (unpaired) electrons. The molecule has 0 saturated heterocycles. The number of hydrogen-bond acceptors (Lipinski definition) is 6. The van der Waals surface area contributed by atoms with E-state index in [4.69, 9.17) is 9.15 Å². The summed E-state index contributed by atoms with van der Waals surface area (Å²) >= 11 is 0. The number of nitrogens with zero attached hydrogens (tertiary/aromatic N) is 2. The molecule has 0 aliphatic heterocycles. The lowest BCUT2D eigenvalue weighted by Gasteiger charge is -2.05. The summed E-state index contributed by atoms with van der Waals surface area (Å²) in [6.07, 6.45) is 2.41. The smallest absolute Gasteiger partial charge is 0.320 e. The first-order valence-corrected chi connectivity index (χ1v) is 6.41. The molecule has 0 bridgehead atoms. The second-order valence-electron chi connectivity index (χ2n) is 4.63. The summed E-state index contributed by atoms with van der Waals surface area (Å²) in [4.78, 5) is 0. The number of aromatic nitrogens is 2. The molecule has 1 fully saturated rings. The SMILES string of the molecule is COc1cc(Nc2nnc(CNC3CC3)o2)ccc1F. The summed E-state index contributed by atoms with van der Waals surface area (Å²) in [6.45, 7) is 0.562. The van der Waals surface area contributed by atoms with Crippen LogP contribution < -0.4 is 15.4 Å². The molecule has 0 spiro atoms. The number of ether oxygens (including phenoxy) is 1. The molecule has 2 aromatic rings. The minimum atomic E-state index is -0.419. The van der Waals surface area contributed by atoms with Crippen LogP contribution in [-0.4, -0.2) is 23.3 Å².